The molecule has 8 nitrogen and oxygen atoms in total. The molecular weight excluding hydrogens is 488 g/mol. The normalized spacial score (nSPS) is 20.9. The highest BCUT2D eigenvalue weighted by molar-refractivity contribution is 6.88. The first-order valence-electron chi connectivity index (χ1n) is 11.8. The van der Waals surface area contributed by atoms with Crippen LogP contribution in [0, 0.1) is 23.5 Å². The van der Waals surface area contributed by atoms with Crippen molar-refractivity contribution in [3.05, 3.63) is 47.2 Å². The van der Waals surface area contributed by atoms with Crippen LogP contribution in [0.4, 0.5) is 14.5 Å². The van der Waals surface area contributed by atoms with Gasteiger partial charge < -0.3 is 20.1 Å². The molecule has 2 N–H and O–H groups in total. The van der Waals surface area contributed by atoms with Crippen molar-refractivity contribution >= 4 is 36.7 Å². The molecule has 4 rings (SSSR count). The third-order valence-electron chi connectivity index (χ3n) is 6.66. The average Bonchev–Trinajstić information content (AvgIpc) is 3.54. The van der Waals surface area contributed by atoms with Crippen molar-refractivity contribution in [2.75, 3.05) is 19.0 Å². The number of carbonyl (C=O) groups is 3. The molecule has 1 fully saturated rings. The zero-order valence-electron chi connectivity index (χ0n) is 20.6. The molecule has 1 aromatic heterocycles. The fourth-order valence-electron chi connectivity index (χ4n) is 4.88. The summed E-state index contributed by atoms with van der Waals surface area (Å²) in [6.07, 6.45) is 0.712. The van der Waals surface area contributed by atoms with Crippen molar-refractivity contribution in [1.82, 2.24) is 9.88 Å². The molecular formula is C25H29F2N3O5Si. The van der Waals surface area contributed by atoms with Crippen LogP contribution in [-0.4, -0.2) is 54.5 Å². The van der Waals surface area contributed by atoms with Crippen molar-refractivity contribution in [1.29, 1.82) is 0 Å². The second-order valence-corrected chi connectivity index (χ2v) is 15.3. The van der Waals surface area contributed by atoms with E-state index in [1.165, 1.54) is 12.0 Å². The van der Waals surface area contributed by atoms with Crippen LogP contribution in [0.3, 0.4) is 0 Å². The third-order valence-corrected chi connectivity index (χ3v) is 8.63. The lowest BCUT2D eigenvalue weighted by Gasteiger charge is -2.36. The van der Waals surface area contributed by atoms with Gasteiger partial charge in [0.2, 0.25) is 11.8 Å². The fraction of sp³-hybridized carbons (Fsp3) is 0.440. The maximum atomic E-state index is 14.8. The predicted octanol–water partition coefficient (Wildman–Crippen LogP) is 3.09. The number of aliphatic carboxylic acids is 1. The Balaban J connectivity index is 1.65. The molecule has 0 spiro atoms. The van der Waals surface area contributed by atoms with Crippen LogP contribution in [0.1, 0.15) is 30.1 Å². The minimum absolute atomic E-state index is 0.0480. The number of hydrogen-bond acceptors (Lipinski definition) is 5. The fourth-order valence-corrected chi connectivity index (χ4v) is 6.46. The van der Waals surface area contributed by atoms with E-state index in [-0.39, 0.29) is 35.7 Å². The van der Waals surface area contributed by atoms with Gasteiger partial charge >= 0.3 is 5.97 Å². The van der Waals surface area contributed by atoms with Gasteiger partial charge in [-0.25, -0.2) is 13.8 Å². The molecule has 2 amide bonds. The number of aromatic nitrogens is 1. The molecule has 2 aliphatic rings. The maximum Gasteiger partial charge on any atom is 0.303 e. The van der Waals surface area contributed by atoms with E-state index in [2.05, 4.69) is 10.3 Å². The van der Waals surface area contributed by atoms with E-state index < -0.39 is 43.5 Å². The Labute approximate surface area is 208 Å². The molecule has 3 atom stereocenters. The summed E-state index contributed by atoms with van der Waals surface area (Å²) >= 11 is 0. The Morgan fingerprint density at radius 3 is 2.44 bits per heavy atom. The Morgan fingerprint density at radius 1 is 1.19 bits per heavy atom. The predicted molar refractivity (Wildman–Crippen MR) is 131 cm³/mol. The second-order valence-electron chi connectivity index (χ2n) is 10.3. The van der Waals surface area contributed by atoms with E-state index in [0.717, 1.165) is 12.1 Å². The van der Waals surface area contributed by atoms with Gasteiger partial charge in [0, 0.05) is 47.8 Å². The number of carbonyl (C=O) groups excluding carboxylic acids is 2. The van der Waals surface area contributed by atoms with Gasteiger partial charge in [-0.15, -0.1) is 0 Å². The first-order valence-corrected chi connectivity index (χ1v) is 15.3. The van der Waals surface area contributed by atoms with Gasteiger partial charge in [-0.1, -0.05) is 19.6 Å². The van der Waals surface area contributed by atoms with Crippen LogP contribution in [0.15, 0.2) is 24.3 Å². The first kappa shape index (κ1) is 25.7. The van der Waals surface area contributed by atoms with E-state index >= 15 is 0 Å². The highest BCUT2D eigenvalue weighted by Gasteiger charge is 2.49. The number of amides is 2. The zero-order chi connectivity index (χ0) is 26.4. The Bertz CT molecular complexity index is 1210. The van der Waals surface area contributed by atoms with Gasteiger partial charge in [-0.3, -0.25) is 14.4 Å². The van der Waals surface area contributed by atoms with Crippen molar-refractivity contribution < 1.29 is 33.0 Å². The number of fused-ring (bicyclic) bond motifs is 1. The van der Waals surface area contributed by atoms with Crippen LogP contribution >= 0.6 is 0 Å². The monoisotopic (exact) mass is 517 g/mol. The Morgan fingerprint density at radius 2 is 1.86 bits per heavy atom. The first-order chi connectivity index (χ1) is 16.9. The summed E-state index contributed by atoms with van der Waals surface area (Å²) in [5.41, 5.74) is 1.03. The summed E-state index contributed by atoms with van der Waals surface area (Å²) in [7, 11) is -0.829. The average molecular weight is 518 g/mol. The lowest BCUT2D eigenvalue weighted by Crippen LogP contribution is -2.46. The van der Waals surface area contributed by atoms with Gasteiger partial charge in [0.05, 0.1) is 20.9 Å². The molecule has 36 heavy (non-hydrogen) atoms. The maximum absolute atomic E-state index is 14.8. The molecule has 11 heteroatoms. The molecule has 192 valence electrons. The third kappa shape index (κ3) is 5.11. The highest BCUT2D eigenvalue weighted by Crippen LogP contribution is 2.45. The molecule has 1 aromatic carbocycles. The summed E-state index contributed by atoms with van der Waals surface area (Å²) in [4.78, 5) is 43.7. The number of carboxylic acid groups (broad SMARTS) is 1. The number of benzene rings is 1. The summed E-state index contributed by atoms with van der Waals surface area (Å²) in [5.74, 6) is -3.75. The van der Waals surface area contributed by atoms with Gasteiger partial charge in [0.1, 0.15) is 17.7 Å². The van der Waals surface area contributed by atoms with Crippen molar-refractivity contribution in [3.63, 3.8) is 0 Å². The standard InChI is InChI=1S/C25H29F2N3O5Si/c1-35-20-6-5-15-19(29-20)7-8-30(25(34)16-9-13(16)10-21(31)32)22(15)24(33)28-14-11-17(26)23(18(27)12-14)36(2,3)4/h5-6,11-13,16,22H,7-10H2,1-4H3,(H,28,33)(H,31,32)/t13-,16+,22?/m0/s1. The molecule has 2 aromatic rings. The van der Waals surface area contributed by atoms with Crippen molar-refractivity contribution in [3.8, 4) is 5.88 Å². The van der Waals surface area contributed by atoms with E-state index in [4.69, 9.17) is 9.84 Å². The minimum Gasteiger partial charge on any atom is -0.481 e. The highest BCUT2D eigenvalue weighted by atomic mass is 28.3. The SMILES string of the molecule is COc1ccc2c(n1)CCN(C(=O)[C@@H]1C[C@H]1CC(=O)O)C2C(=O)Nc1cc(F)c([Si](C)(C)C)c(F)c1. The number of nitrogens with zero attached hydrogens (tertiary/aromatic N) is 2. The van der Waals surface area contributed by atoms with E-state index in [0.29, 0.717) is 30.0 Å². The number of pyridine rings is 1. The number of anilines is 1. The van der Waals surface area contributed by atoms with Gasteiger partial charge in [-0.2, -0.15) is 0 Å². The lowest BCUT2D eigenvalue weighted by molar-refractivity contribution is -0.141. The number of nitrogens with one attached hydrogen (secondary N) is 1. The minimum atomic E-state index is -2.30. The number of methoxy groups -OCH3 is 1. The molecule has 0 radical (unpaired) electrons. The molecule has 1 aliphatic heterocycles. The van der Waals surface area contributed by atoms with Crippen LogP contribution in [-0.2, 0) is 20.8 Å². The number of rotatable bonds is 7. The molecule has 2 heterocycles. The largest absolute Gasteiger partial charge is 0.481 e. The second kappa shape index (κ2) is 9.60. The summed E-state index contributed by atoms with van der Waals surface area (Å²) < 4.78 is 34.8. The topological polar surface area (TPSA) is 109 Å². The molecule has 1 aliphatic carbocycles. The van der Waals surface area contributed by atoms with Gasteiger partial charge in [0.15, 0.2) is 0 Å². The quantitative estimate of drug-likeness (QED) is 0.547. The van der Waals surface area contributed by atoms with Crippen LogP contribution in [0.2, 0.25) is 19.6 Å². The number of ether oxygens (including phenoxy) is 1. The summed E-state index contributed by atoms with van der Waals surface area (Å²) in [6.45, 7) is 5.67. The smallest absolute Gasteiger partial charge is 0.303 e. The Hall–Kier alpha value is -3.34. The van der Waals surface area contributed by atoms with Gasteiger partial charge in [-0.05, 0) is 30.5 Å². The number of hydrogen-bond donors (Lipinski definition) is 2. The van der Waals surface area contributed by atoms with Crippen LogP contribution < -0.4 is 15.2 Å². The van der Waals surface area contributed by atoms with E-state index in [1.54, 1.807) is 12.1 Å². The molecule has 1 saturated carbocycles. The molecule has 1 unspecified atom stereocenters. The zero-order valence-corrected chi connectivity index (χ0v) is 21.6. The van der Waals surface area contributed by atoms with Gasteiger partial charge in [0.25, 0.3) is 5.91 Å². The number of carboxylic acids is 1. The van der Waals surface area contributed by atoms with Crippen molar-refractivity contribution in [2.45, 2.75) is 44.9 Å². The van der Waals surface area contributed by atoms with Crippen LogP contribution in [0.5, 0.6) is 5.88 Å². The summed E-state index contributed by atoms with van der Waals surface area (Å²) in [6, 6.07) is 4.34. The van der Waals surface area contributed by atoms with E-state index in [9.17, 15) is 23.2 Å². The van der Waals surface area contributed by atoms with E-state index in [1.807, 2.05) is 19.6 Å². The molecule has 0 bridgehead atoms. The Kier molecular flexibility index (Phi) is 6.87. The van der Waals surface area contributed by atoms with Crippen LogP contribution in [0.25, 0.3) is 0 Å². The number of halogens is 2. The molecule has 0 saturated heterocycles. The van der Waals surface area contributed by atoms with Crippen molar-refractivity contribution in [2.24, 2.45) is 11.8 Å². The lowest BCUT2D eigenvalue weighted by atomic mass is 9.95. The summed E-state index contributed by atoms with van der Waals surface area (Å²) in [5, 5.41) is 11.7.